The molecule has 0 radical (unpaired) electrons. The van der Waals surface area contributed by atoms with Crippen molar-refractivity contribution in [2.24, 2.45) is 0 Å². The van der Waals surface area contributed by atoms with E-state index in [0.717, 1.165) is 29.5 Å². The summed E-state index contributed by atoms with van der Waals surface area (Å²) in [6.07, 6.45) is 1.35. The molecule has 1 amide bonds. The van der Waals surface area contributed by atoms with E-state index >= 15 is 0 Å². The minimum atomic E-state index is -0.541. The van der Waals surface area contributed by atoms with Gasteiger partial charge in [-0.05, 0) is 74.6 Å². The van der Waals surface area contributed by atoms with Crippen LogP contribution in [-0.4, -0.2) is 23.6 Å². The van der Waals surface area contributed by atoms with Gasteiger partial charge < -0.3 is 15.4 Å². The third kappa shape index (κ3) is 4.39. The number of benzene rings is 2. The van der Waals surface area contributed by atoms with E-state index in [4.69, 9.17) is 33.7 Å². The number of carbonyl (C=O) groups excluding carboxylic acids is 1. The topological polar surface area (TPSA) is 55.6 Å². The maximum atomic E-state index is 12.6. The number of halogens is 2. The van der Waals surface area contributed by atoms with Crippen LogP contribution in [0.25, 0.3) is 0 Å². The van der Waals surface area contributed by atoms with Crippen LogP contribution < -0.4 is 5.73 Å². The van der Waals surface area contributed by atoms with Crippen molar-refractivity contribution in [3.8, 4) is 0 Å². The summed E-state index contributed by atoms with van der Waals surface area (Å²) in [6, 6.07) is 11.6. The Morgan fingerprint density at radius 1 is 1.07 bits per heavy atom. The van der Waals surface area contributed by atoms with E-state index in [1.807, 2.05) is 57.2 Å². The van der Waals surface area contributed by atoms with Crippen LogP contribution >= 0.6 is 23.2 Å². The van der Waals surface area contributed by atoms with Gasteiger partial charge in [0.25, 0.3) is 0 Å². The number of rotatable bonds is 2. The minimum absolute atomic E-state index is 0.0904. The van der Waals surface area contributed by atoms with Gasteiger partial charge in [-0.15, -0.1) is 0 Å². The molecule has 0 bridgehead atoms. The fourth-order valence-corrected chi connectivity index (χ4v) is 4.08. The van der Waals surface area contributed by atoms with E-state index in [-0.39, 0.29) is 18.1 Å². The SMILES string of the molecule is CN(C(=O)OC(C)(C)C)[C@H]1CCC(c2ccc(Cl)c(Cl)c2)c2ccc(N)cc21. The molecule has 1 unspecified atom stereocenters. The lowest BCUT2D eigenvalue weighted by Crippen LogP contribution is -2.38. The predicted octanol–water partition coefficient (Wildman–Crippen LogP) is 6.41. The second-order valence-electron chi connectivity index (χ2n) is 8.30. The Balaban J connectivity index is 1.97. The summed E-state index contributed by atoms with van der Waals surface area (Å²) in [5.41, 5.74) is 9.53. The van der Waals surface area contributed by atoms with Crippen LogP contribution in [-0.2, 0) is 4.74 Å². The highest BCUT2D eigenvalue weighted by Gasteiger charge is 2.34. The molecule has 0 saturated carbocycles. The first-order valence-electron chi connectivity index (χ1n) is 9.37. The van der Waals surface area contributed by atoms with E-state index in [1.165, 1.54) is 0 Å². The van der Waals surface area contributed by atoms with Crippen LogP contribution in [0, 0.1) is 0 Å². The van der Waals surface area contributed by atoms with Crippen molar-refractivity contribution in [2.45, 2.75) is 51.2 Å². The van der Waals surface area contributed by atoms with Gasteiger partial charge in [-0.2, -0.15) is 0 Å². The number of hydrogen-bond acceptors (Lipinski definition) is 3. The molecule has 3 rings (SSSR count). The molecule has 0 spiro atoms. The normalized spacial score (nSPS) is 19.1. The molecule has 1 aliphatic carbocycles. The van der Waals surface area contributed by atoms with Crippen molar-refractivity contribution < 1.29 is 9.53 Å². The van der Waals surface area contributed by atoms with Crippen molar-refractivity contribution in [3.05, 3.63) is 63.1 Å². The molecule has 2 atom stereocenters. The number of hydrogen-bond donors (Lipinski definition) is 1. The minimum Gasteiger partial charge on any atom is -0.444 e. The van der Waals surface area contributed by atoms with Crippen molar-refractivity contribution in [3.63, 3.8) is 0 Å². The lowest BCUT2D eigenvalue weighted by Gasteiger charge is -2.37. The highest BCUT2D eigenvalue weighted by atomic mass is 35.5. The molecule has 2 N–H and O–H groups in total. The number of carbonyl (C=O) groups is 1. The van der Waals surface area contributed by atoms with Crippen molar-refractivity contribution in [2.75, 3.05) is 12.8 Å². The largest absolute Gasteiger partial charge is 0.444 e. The van der Waals surface area contributed by atoms with Gasteiger partial charge in [0.2, 0.25) is 0 Å². The van der Waals surface area contributed by atoms with Gasteiger partial charge in [-0.25, -0.2) is 4.79 Å². The molecule has 28 heavy (non-hydrogen) atoms. The highest BCUT2D eigenvalue weighted by Crippen LogP contribution is 2.45. The number of amides is 1. The van der Waals surface area contributed by atoms with E-state index in [0.29, 0.717) is 15.7 Å². The van der Waals surface area contributed by atoms with Gasteiger partial charge in [-0.1, -0.05) is 35.3 Å². The number of nitrogens with two attached hydrogens (primary N) is 1. The lowest BCUT2D eigenvalue weighted by molar-refractivity contribution is 0.0202. The second-order valence-corrected chi connectivity index (χ2v) is 9.11. The Kier molecular flexibility index (Phi) is 5.83. The molecule has 4 nitrogen and oxygen atoms in total. The Bertz CT molecular complexity index is 893. The zero-order valence-corrected chi connectivity index (χ0v) is 18.1. The summed E-state index contributed by atoms with van der Waals surface area (Å²) in [5.74, 6) is 0.175. The average molecular weight is 421 g/mol. The predicted molar refractivity (Wildman–Crippen MR) is 115 cm³/mol. The van der Waals surface area contributed by atoms with Gasteiger partial charge in [0.15, 0.2) is 0 Å². The number of nitrogens with zero attached hydrogens (tertiary/aromatic N) is 1. The molecule has 6 heteroatoms. The quantitative estimate of drug-likeness (QED) is 0.570. The summed E-state index contributed by atoms with van der Waals surface area (Å²) >= 11 is 12.3. The third-order valence-electron chi connectivity index (χ3n) is 5.07. The highest BCUT2D eigenvalue weighted by molar-refractivity contribution is 6.42. The number of anilines is 1. The third-order valence-corrected chi connectivity index (χ3v) is 5.81. The van der Waals surface area contributed by atoms with Crippen LogP contribution in [0.15, 0.2) is 36.4 Å². The van der Waals surface area contributed by atoms with E-state index in [9.17, 15) is 4.79 Å². The first-order chi connectivity index (χ1) is 13.1. The molecule has 0 heterocycles. The van der Waals surface area contributed by atoms with Crippen molar-refractivity contribution in [1.82, 2.24) is 4.90 Å². The van der Waals surface area contributed by atoms with Crippen molar-refractivity contribution >= 4 is 35.0 Å². The van der Waals surface area contributed by atoms with E-state index in [1.54, 1.807) is 11.9 Å². The summed E-state index contributed by atoms with van der Waals surface area (Å²) in [6.45, 7) is 5.60. The first kappa shape index (κ1) is 20.8. The fraction of sp³-hybridized carbons (Fsp3) is 0.409. The lowest BCUT2D eigenvalue weighted by atomic mass is 9.76. The van der Waals surface area contributed by atoms with Crippen molar-refractivity contribution in [1.29, 1.82) is 0 Å². The summed E-state index contributed by atoms with van der Waals surface area (Å²) in [4.78, 5) is 14.3. The zero-order chi connectivity index (χ0) is 20.6. The van der Waals surface area contributed by atoms with Gasteiger partial charge in [0, 0.05) is 18.7 Å². The molecule has 2 aromatic rings. The maximum absolute atomic E-state index is 12.6. The van der Waals surface area contributed by atoms with Gasteiger partial charge in [-0.3, -0.25) is 0 Å². The van der Waals surface area contributed by atoms with Crippen LogP contribution in [0.2, 0.25) is 10.0 Å². The molecule has 0 aromatic heterocycles. The Hall–Kier alpha value is -1.91. The summed E-state index contributed by atoms with van der Waals surface area (Å²) in [7, 11) is 1.78. The molecule has 0 fully saturated rings. The fourth-order valence-electron chi connectivity index (χ4n) is 3.77. The van der Waals surface area contributed by atoms with Crippen LogP contribution in [0.4, 0.5) is 10.5 Å². The Morgan fingerprint density at radius 3 is 2.43 bits per heavy atom. The maximum Gasteiger partial charge on any atom is 0.410 e. The van der Waals surface area contributed by atoms with Crippen LogP contribution in [0.5, 0.6) is 0 Å². The average Bonchev–Trinajstić information content (AvgIpc) is 2.61. The van der Waals surface area contributed by atoms with Gasteiger partial charge in [0.1, 0.15) is 5.60 Å². The number of nitrogen functional groups attached to an aromatic ring is 1. The molecule has 1 aliphatic rings. The standard InChI is InChI=1S/C22H26Cl2N2O2/c1-22(2,3)28-21(27)26(4)20-10-8-15(13-5-9-18(23)19(24)11-13)16-7-6-14(25)12-17(16)20/h5-7,9,11-12,15,20H,8,10,25H2,1-4H3/t15?,20-/m0/s1. The van der Waals surface area contributed by atoms with Crippen LogP contribution in [0.3, 0.4) is 0 Å². The monoisotopic (exact) mass is 420 g/mol. The van der Waals surface area contributed by atoms with E-state index < -0.39 is 5.60 Å². The van der Waals surface area contributed by atoms with E-state index in [2.05, 4.69) is 0 Å². The molecule has 2 aromatic carbocycles. The Morgan fingerprint density at radius 2 is 1.79 bits per heavy atom. The smallest absolute Gasteiger partial charge is 0.410 e. The first-order valence-corrected chi connectivity index (χ1v) is 10.1. The molecular formula is C22H26Cl2N2O2. The summed E-state index contributed by atoms with van der Waals surface area (Å²) < 4.78 is 5.56. The second kappa shape index (κ2) is 7.84. The van der Waals surface area contributed by atoms with Crippen LogP contribution in [0.1, 0.15) is 62.3 Å². The van der Waals surface area contributed by atoms with Gasteiger partial charge >= 0.3 is 6.09 Å². The molecule has 0 aliphatic heterocycles. The Labute approximate surface area is 176 Å². The molecule has 150 valence electrons. The number of fused-ring (bicyclic) bond motifs is 1. The zero-order valence-electron chi connectivity index (χ0n) is 16.6. The molecule has 0 saturated heterocycles. The molecular weight excluding hydrogens is 395 g/mol. The van der Waals surface area contributed by atoms with Gasteiger partial charge in [0.05, 0.1) is 16.1 Å². The summed E-state index contributed by atoms with van der Waals surface area (Å²) in [5, 5.41) is 1.09. The number of ether oxygens (including phenoxy) is 1.